The number of thiazole rings is 1. The quantitative estimate of drug-likeness (QED) is 0.135. The predicted molar refractivity (Wildman–Crippen MR) is 147 cm³/mol. The second-order valence-corrected chi connectivity index (χ2v) is 12.3. The van der Waals surface area contributed by atoms with E-state index in [2.05, 4.69) is 14.7 Å². The number of aromatic nitrogens is 2. The van der Waals surface area contributed by atoms with Gasteiger partial charge in [0.05, 0.1) is 12.1 Å². The van der Waals surface area contributed by atoms with Crippen LogP contribution in [0.15, 0.2) is 42.7 Å². The van der Waals surface area contributed by atoms with Crippen LogP contribution in [-0.4, -0.2) is 92.1 Å². The number of aliphatic carboxylic acids is 1. The Morgan fingerprint density at radius 2 is 1.61 bits per heavy atom. The van der Waals surface area contributed by atoms with E-state index >= 15 is 0 Å². The molecule has 3 aromatic rings. The molecule has 1 aliphatic carbocycles. The molecule has 2 aliphatic rings. The monoisotopic (exact) mass is 752 g/mol. The number of benzene rings is 1. The third kappa shape index (κ3) is 8.68. The fourth-order valence-corrected chi connectivity index (χ4v) is 6.06. The molecular formula is C29H25F8LiN2O10S. The largest absolute Gasteiger partial charge is 1.00 e. The van der Waals surface area contributed by atoms with Gasteiger partial charge in [-0.3, -0.25) is 0 Å². The number of carboxylic acids is 1. The van der Waals surface area contributed by atoms with E-state index in [0.29, 0.717) is 19.0 Å². The summed E-state index contributed by atoms with van der Waals surface area (Å²) in [6.07, 6.45) is -19.9. The molecule has 5 rings (SSSR count). The maximum Gasteiger partial charge on any atom is 1.00 e. The zero-order valence-electron chi connectivity index (χ0n) is 25.8. The molecule has 22 heteroatoms. The van der Waals surface area contributed by atoms with Gasteiger partial charge < -0.3 is 49.3 Å². The van der Waals surface area contributed by atoms with Crippen LogP contribution in [0.25, 0.3) is 0 Å². The van der Waals surface area contributed by atoms with Crippen molar-refractivity contribution in [2.24, 2.45) is 0 Å². The first-order valence-electron chi connectivity index (χ1n) is 14.4. The van der Waals surface area contributed by atoms with E-state index in [0.717, 1.165) is 12.3 Å². The van der Waals surface area contributed by atoms with Crippen LogP contribution < -0.4 is 38.2 Å². The Labute approximate surface area is 297 Å². The van der Waals surface area contributed by atoms with E-state index in [-0.39, 0.29) is 76.1 Å². The second kappa shape index (κ2) is 15.4. The Bertz CT molecular complexity index is 1650. The number of pyridine rings is 1. The molecule has 2 fully saturated rings. The van der Waals surface area contributed by atoms with Crippen molar-refractivity contribution in [1.29, 1.82) is 0 Å². The van der Waals surface area contributed by atoms with Crippen LogP contribution in [0.2, 0.25) is 0 Å². The third-order valence-corrected chi connectivity index (χ3v) is 8.90. The van der Waals surface area contributed by atoms with Gasteiger partial charge in [-0.2, -0.15) is 35.1 Å². The zero-order valence-corrected chi connectivity index (χ0v) is 26.7. The number of hydrogen-bond donors (Lipinski definition) is 4. The van der Waals surface area contributed by atoms with Crippen LogP contribution in [0.1, 0.15) is 39.8 Å². The molecule has 0 radical (unpaired) electrons. The van der Waals surface area contributed by atoms with Gasteiger partial charge in [-0.1, -0.05) is 12.1 Å². The van der Waals surface area contributed by atoms with Crippen molar-refractivity contribution in [3.8, 4) is 17.4 Å². The number of halogens is 8. The Morgan fingerprint density at radius 3 is 2.16 bits per heavy atom. The Kier molecular flexibility index (Phi) is 12.2. The van der Waals surface area contributed by atoms with Crippen LogP contribution in [0.5, 0.6) is 17.4 Å². The van der Waals surface area contributed by atoms with E-state index in [9.17, 15) is 65.5 Å². The summed E-state index contributed by atoms with van der Waals surface area (Å²) >= 11 is -0.0876. The molecule has 12 nitrogen and oxygen atoms in total. The van der Waals surface area contributed by atoms with Gasteiger partial charge in [-0.15, -0.1) is 11.3 Å². The van der Waals surface area contributed by atoms with Gasteiger partial charge in [0.25, 0.3) is 0 Å². The topological polar surface area (TPSA) is 184 Å². The first-order chi connectivity index (χ1) is 23.3. The normalized spacial score (nSPS) is 23.4. The molecule has 0 unspecified atom stereocenters. The third-order valence-electron chi connectivity index (χ3n) is 7.68. The molecule has 274 valence electrons. The van der Waals surface area contributed by atoms with Crippen LogP contribution >= 0.6 is 11.3 Å². The van der Waals surface area contributed by atoms with Crippen molar-refractivity contribution in [2.75, 3.05) is 0 Å². The number of hydrogen-bond acceptors (Lipinski definition) is 13. The minimum atomic E-state index is -6.21. The van der Waals surface area contributed by atoms with Gasteiger partial charge in [-0.05, 0) is 42.5 Å². The van der Waals surface area contributed by atoms with Gasteiger partial charge in [0.1, 0.15) is 29.4 Å². The van der Waals surface area contributed by atoms with Crippen molar-refractivity contribution in [3.63, 3.8) is 0 Å². The summed E-state index contributed by atoms with van der Waals surface area (Å²) in [6.45, 7) is -3.25. The fraction of sp³-hybridized carbons (Fsp3) is 0.483. The molecule has 0 amide bonds. The SMILES string of the molecule is O=C([O-])[C@H]1O[C@@H](Oc2ccc(C[C@@H](c3ccc(OC(F)F)c(OC4CC4)c3)c3cnc(C(O)(C(F)(F)F)C(F)(F)F)s3)cn2)[C@H](O)[C@@H](O)[C@@H]1O.[Li+]. The molecule has 0 spiro atoms. The Hall–Kier alpha value is -3.29. The molecule has 2 aromatic heterocycles. The summed E-state index contributed by atoms with van der Waals surface area (Å²) < 4.78 is 128. The number of aliphatic hydroxyl groups is 4. The van der Waals surface area contributed by atoms with E-state index in [4.69, 9.17) is 14.2 Å². The molecule has 1 aliphatic heterocycles. The number of ether oxygens (including phenoxy) is 4. The van der Waals surface area contributed by atoms with Gasteiger partial charge in [0, 0.05) is 29.3 Å². The number of carboxylic acid groups (broad SMARTS) is 1. The summed E-state index contributed by atoms with van der Waals surface area (Å²) in [5, 5.41) is 49.4. The van der Waals surface area contributed by atoms with Crippen molar-refractivity contribution in [1.82, 2.24) is 9.97 Å². The Morgan fingerprint density at radius 1 is 0.941 bits per heavy atom. The van der Waals surface area contributed by atoms with Gasteiger partial charge in [0.2, 0.25) is 12.2 Å². The standard InChI is InChI=1S/C29H26F8N2O10S.Li/c30-26(31)47-15-5-2-12(8-16(15)46-13-3-4-13)14(17-10-39-25(50-17)27(45,28(32,33)34)29(35,36)37)7-11-1-6-18(38-9-11)48-24-21(42)19(40)20(41)22(49-24)23(43)44;/h1-2,5-6,8-10,13-14,19-22,24,26,40-42,45H,3-4,7H2,(H,43,44);/q;+1/p-1/t14-,19-,20-,21+,22-,24+;/m0./s1. The van der Waals surface area contributed by atoms with Crippen LogP contribution in [0.4, 0.5) is 35.1 Å². The summed E-state index contributed by atoms with van der Waals surface area (Å²) in [5.74, 6) is -3.93. The molecule has 6 atom stereocenters. The zero-order chi connectivity index (χ0) is 36.8. The summed E-state index contributed by atoms with van der Waals surface area (Å²) in [5.41, 5.74) is -4.90. The smallest absolute Gasteiger partial charge is 0.547 e. The number of aliphatic hydroxyl groups excluding tert-OH is 3. The van der Waals surface area contributed by atoms with E-state index < -0.39 is 72.2 Å². The number of carbonyl (C=O) groups is 1. The van der Waals surface area contributed by atoms with Gasteiger partial charge in [0.15, 0.2) is 11.5 Å². The average Bonchev–Trinajstić information content (AvgIpc) is 3.71. The molecule has 3 heterocycles. The number of carbonyl (C=O) groups excluding carboxylic acids is 1. The molecule has 4 N–H and O–H groups in total. The predicted octanol–water partition coefficient (Wildman–Crippen LogP) is -0.692. The minimum Gasteiger partial charge on any atom is -0.547 e. The second-order valence-electron chi connectivity index (χ2n) is 11.3. The van der Waals surface area contributed by atoms with Crippen molar-refractivity contribution < 1.29 is 103 Å². The van der Waals surface area contributed by atoms with Crippen LogP contribution in [-0.2, 0) is 21.6 Å². The minimum absolute atomic E-state index is 0. The summed E-state index contributed by atoms with van der Waals surface area (Å²) in [7, 11) is 0. The maximum atomic E-state index is 13.6. The van der Waals surface area contributed by atoms with Gasteiger partial charge in [-0.25, -0.2) is 9.97 Å². The molecule has 1 saturated carbocycles. The molecule has 0 bridgehead atoms. The molecule has 1 aromatic carbocycles. The average molecular weight is 753 g/mol. The van der Waals surface area contributed by atoms with Crippen LogP contribution in [0.3, 0.4) is 0 Å². The van der Waals surface area contributed by atoms with Crippen molar-refractivity contribution in [2.45, 2.75) is 86.6 Å². The number of alkyl halides is 8. The first kappa shape index (κ1) is 40.5. The van der Waals surface area contributed by atoms with Crippen LogP contribution in [0, 0.1) is 0 Å². The number of nitrogens with zero attached hydrogens (tertiary/aromatic N) is 2. The van der Waals surface area contributed by atoms with Crippen molar-refractivity contribution >= 4 is 17.3 Å². The fourth-order valence-electron chi connectivity index (χ4n) is 4.89. The first-order valence-corrected chi connectivity index (χ1v) is 15.2. The summed E-state index contributed by atoms with van der Waals surface area (Å²) in [4.78, 5) is 18.3. The van der Waals surface area contributed by atoms with E-state index in [1.54, 1.807) is 0 Å². The van der Waals surface area contributed by atoms with Crippen molar-refractivity contribution in [3.05, 3.63) is 63.7 Å². The molecule has 51 heavy (non-hydrogen) atoms. The van der Waals surface area contributed by atoms with Gasteiger partial charge >= 0.3 is 43.4 Å². The number of rotatable bonds is 12. The maximum absolute atomic E-state index is 13.6. The molecule has 1 saturated heterocycles. The van der Waals surface area contributed by atoms with E-state index in [1.165, 1.54) is 24.3 Å². The van der Waals surface area contributed by atoms with E-state index in [1.807, 2.05) is 0 Å². The molecular weight excluding hydrogens is 727 g/mol. The Balaban J connectivity index is 0.00000583. The summed E-state index contributed by atoms with van der Waals surface area (Å²) in [6, 6.07) is 6.05.